The third kappa shape index (κ3) is 2.12. The van der Waals surface area contributed by atoms with Gasteiger partial charge in [0.25, 0.3) is 0 Å². The van der Waals surface area contributed by atoms with Crippen molar-refractivity contribution in [1.82, 2.24) is 8.97 Å². The molecule has 2 aliphatic carbocycles. The largest absolute Gasteiger partial charge is 0.312 e. The molecule has 1 aliphatic heterocycles. The van der Waals surface area contributed by atoms with E-state index >= 15 is 0 Å². The SMILES string of the molecule is CC1(C)c2c(ccc3c2C2CC=Cc4c2n-3c2ccccc42)-c2ccc3c(c21)c1cccc2c4ccccc4n3c21. The third-order valence-electron chi connectivity index (χ3n) is 10.7. The molecule has 2 nitrogen and oxygen atoms in total. The Hall–Kier alpha value is -4.82. The van der Waals surface area contributed by atoms with Crippen molar-refractivity contribution in [2.75, 3.05) is 0 Å². The van der Waals surface area contributed by atoms with Crippen LogP contribution in [0.5, 0.6) is 0 Å². The average Bonchev–Trinajstić information content (AvgIpc) is 3.77. The van der Waals surface area contributed by atoms with Crippen LogP contribution in [0.25, 0.3) is 71.9 Å². The summed E-state index contributed by atoms with van der Waals surface area (Å²) in [6, 6.07) is 34.4. The molecular formula is C39H26N2. The maximum atomic E-state index is 2.58. The number of hydrogen-bond donors (Lipinski definition) is 0. The zero-order chi connectivity index (χ0) is 26.8. The van der Waals surface area contributed by atoms with Crippen LogP contribution in [0.15, 0.2) is 97.1 Å². The molecule has 5 aromatic carbocycles. The molecule has 0 amide bonds. The normalized spacial score (nSPS) is 17.8. The fourth-order valence-corrected chi connectivity index (χ4v) is 9.32. The number of fused-ring (bicyclic) bond motifs is 17. The van der Waals surface area contributed by atoms with Crippen LogP contribution in [0.3, 0.4) is 0 Å². The number of benzene rings is 5. The van der Waals surface area contributed by atoms with Crippen LogP contribution in [0.1, 0.15) is 54.1 Å². The first-order chi connectivity index (χ1) is 20.1. The highest BCUT2D eigenvalue weighted by Crippen LogP contribution is 2.60. The third-order valence-corrected chi connectivity index (χ3v) is 10.7. The highest BCUT2D eigenvalue weighted by atomic mass is 15.0. The smallest absolute Gasteiger partial charge is 0.0620 e. The first kappa shape index (κ1) is 21.0. The van der Waals surface area contributed by atoms with Gasteiger partial charge in [-0.25, -0.2) is 0 Å². The van der Waals surface area contributed by atoms with Crippen molar-refractivity contribution in [3.8, 4) is 16.8 Å². The fourth-order valence-electron chi connectivity index (χ4n) is 9.32. The van der Waals surface area contributed by atoms with E-state index in [2.05, 4.69) is 126 Å². The molecule has 2 heteroatoms. The minimum Gasteiger partial charge on any atom is -0.312 e. The van der Waals surface area contributed by atoms with E-state index in [1.54, 1.807) is 5.56 Å². The Balaban J connectivity index is 1.27. The van der Waals surface area contributed by atoms with E-state index in [0.29, 0.717) is 5.92 Å². The van der Waals surface area contributed by atoms with E-state index in [1.807, 2.05) is 0 Å². The van der Waals surface area contributed by atoms with Crippen molar-refractivity contribution >= 4 is 55.1 Å². The molecule has 0 saturated carbocycles. The second kappa shape index (κ2) is 6.56. The van der Waals surface area contributed by atoms with E-state index in [0.717, 1.165) is 6.42 Å². The number of rotatable bonds is 0. The van der Waals surface area contributed by atoms with Gasteiger partial charge in [-0.2, -0.15) is 0 Å². The van der Waals surface area contributed by atoms with Gasteiger partial charge in [-0.1, -0.05) is 92.7 Å². The number of nitrogens with zero attached hydrogens (tertiary/aromatic N) is 2. The monoisotopic (exact) mass is 522 g/mol. The quantitative estimate of drug-likeness (QED) is 0.187. The summed E-state index contributed by atoms with van der Waals surface area (Å²) in [5.41, 5.74) is 16.9. The lowest BCUT2D eigenvalue weighted by Crippen LogP contribution is -2.19. The van der Waals surface area contributed by atoms with Crippen molar-refractivity contribution in [2.45, 2.75) is 31.6 Å². The minimum atomic E-state index is -0.121. The van der Waals surface area contributed by atoms with Crippen molar-refractivity contribution in [1.29, 1.82) is 0 Å². The predicted octanol–water partition coefficient (Wildman–Crippen LogP) is 9.95. The first-order valence-electron chi connectivity index (χ1n) is 14.8. The molecule has 0 N–H and O–H groups in total. The number of hydrogen-bond acceptors (Lipinski definition) is 0. The molecule has 0 saturated heterocycles. The van der Waals surface area contributed by atoms with Gasteiger partial charge in [-0.3, -0.25) is 0 Å². The predicted molar refractivity (Wildman–Crippen MR) is 171 cm³/mol. The average molecular weight is 523 g/mol. The van der Waals surface area contributed by atoms with Crippen LogP contribution >= 0.6 is 0 Å². The summed E-state index contributed by atoms with van der Waals surface area (Å²) in [5.74, 6) is 0.398. The summed E-state index contributed by atoms with van der Waals surface area (Å²) >= 11 is 0. The minimum absolute atomic E-state index is 0.121. The summed E-state index contributed by atoms with van der Waals surface area (Å²) in [6.07, 6.45) is 5.83. The lowest BCUT2D eigenvalue weighted by Gasteiger charge is -2.27. The van der Waals surface area contributed by atoms with E-state index in [-0.39, 0.29) is 5.41 Å². The highest BCUT2D eigenvalue weighted by molar-refractivity contribution is 6.25. The molecule has 0 bridgehead atoms. The molecule has 0 spiro atoms. The Morgan fingerprint density at radius 2 is 1.39 bits per heavy atom. The number of para-hydroxylation sites is 3. The van der Waals surface area contributed by atoms with Gasteiger partial charge in [0.15, 0.2) is 0 Å². The van der Waals surface area contributed by atoms with Gasteiger partial charge < -0.3 is 8.97 Å². The lowest BCUT2D eigenvalue weighted by molar-refractivity contribution is 0.649. The van der Waals surface area contributed by atoms with Crippen LogP contribution in [0, 0.1) is 0 Å². The molecule has 3 aromatic heterocycles. The van der Waals surface area contributed by atoms with Crippen molar-refractivity contribution in [2.24, 2.45) is 0 Å². The molecule has 192 valence electrons. The Kier molecular flexibility index (Phi) is 3.36. The molecule has 41 heavy (non-hydrogen) atoms. The van der Waals surface area contributed by atoms with Crippen molar-refractivity contribution < 1.29 is 0 Å². The lowest BCUT2D eigenvalue weighted by atomic mass is 9.74. The first-order valence-corrected chi connectivity index (χ1v) is 14.8. The van der Waals surface area contributed by atoms with Gasteiger partial charge in [-0.15, -0.1) is 0 Å². The number of aromatic nitrogens is 2. The molecule has 11 rings (SSSR count). The van der Waals surface area contributed by atoms with Gasteiger partial charge in [0, 0.05) is 49.5 Å². The van der Waals surface area contributed by atoms with Gasteiger partial charge >= 0.3 is 0 Å². The molecule has 3 aliphatic rings. The van der Waals surface area contributed by atoms with Crippen LogP contribution in [-0.2, 0) is 5.41 Å². The summed E-state index contributed by atoms with van der Waals surface area (Å²) in [7, 11) is 0. The summed E-state index contributed by atoms with van der Waals surface area (Å²) in [6.45, 7) is 4.96. The Labute approximate surface area is 237 Å². The van der Waals surface area contributed by atoms with E-state index in [9.17, 15) is 0 Å². The molecule has 8 aromatic rings. The Morgan fingerprint density at radius 3 is 2.29 bits per heavy atom. The fraction of sp³-hybridized carbons (Fsp3) is 0.128. The zero-order valence-electron chi connectivity index (χ0n) is 23.0. The van der Waals surface area contributed by atoms with Gasteiger partial charge in [0.2, 0.25) is 0 Å². The van der Waals surface area contributed by atoms with Gasteiger partial charge in [0.1, 0.15) is 0 Å². The maximum absolute atomic E-state index is 2.58. The molecule has 4 heterocycles. The number of allylic oxidation sites excluding steroid dienone is 1. The Bertz CT molecular complexity index is 2530. The summed E-state index contributed by atoms with van der Waals surface area (Å²) < 4.78 is 5.10. The van der Waals surface area contributed by atoms with Crippen LogP contribution in [-0.4, -0.2) is 8.97 Å². The molecule has 0 fully saturated rings. The van der Waals surface area contributed by atoms with Gasteiger partial charge in [0.05, 0.1) is 27.8 Å². The zero-order valence-corrected chi connectivity index (χ0v) is 23.0. The molecule has 1 unspecified atom stereocenters. The van der Waals surface area contributed by atoms with Crippen LogP contribution < -0.4 is 0 Å². The summed E-state index contributed by atoms with van der Waals surface area (Å²) in [5, 5.41) is 6.87. The highest BCUT2D eigenvalue weighted by Gasteiger charge is 2.45. The second-order valence-electron chi connectivity index (χ2n) is 12.8. The Morgan fingerprint density at radius 1 is 0.659 bits per heavy atom. The van der Waals surface area contributed by atoms with E-state index in [1.165, 1.54) is 88.2 Å². The molecular weight excluding hydrogens is 496 g/mol. The summed E-state index contributed by atoms with van der Waals surface area (Å²) in [4.78, 5) is 0. The second-order valence-corrected chi connectivity index (χ2v) is 12.8. The van der Waals surface area contributed by atoms with E-state index < -0.39 is 0 Å². The van der Waals surface area contributed by atoms with Crippen LogP contribution in [0.2, 0.25) is 0 Å². The molecule has 0 radical (unpaired) electrons. The maximum Gasteiger partial charge on any atom is 0.0620 e. The van der Waals surface area contributed by atoms with Crippen LogP contribution in [0.4, 0.5) is 0 Å². The van der Waals surface area contributed by atoms with Gasteiger partial charge in [-0.05, 0) is 58.5 Å². The van der Waals surface area contributed by atoms with E-state index in [4.69, 9.17) is 0 Å². The van der Waals surface area contributed by atoms with Crippen molar-refractivity contribution in [3.63, 3.8) is 0 Å². The van der Waals surface area contributed by atoms with Crippen molar-refractivity contribution in [3.05, 3.63) is 125 Å². The standard InChI is InChI=1S/C39H26N2/c1-39(2)35-23(17-19-31-33(35)27-13-7-11-25-21-9-3-5-15-29(21)40(31)37(25)27)24-18-20-32-34(36(24)39)28-14-8-12-26-22-10-4-6-16-30(22)41(32)38(26)28/h3-13,15-20,28H,14H2,1-2H3. The molecule has 1 atom stereocenters. The topological polar surface area (TPSA) is 9.34 Å².